The van der Waals surface area contributed by atoms with Gasteiger partial charge in [-0.15, -0.1) is 0 Å². The summed E-state index contributed by atoms with van der Waals surface area (Å²) in [4.78, 5) is 39.7. The molecule has 11 nitrogen and oxygen atoms in total. The summed E-state index contributed by atoms with van der Waals surface area (Å²) in [6.45, 7) is 3.99. The summed E-state index contributed by atoms with van der Waals surface area (Å²) in [5.41, 5.74) is 0. The minimum Gasteiger partial charge on any atom is -0.481 e. The molecule has 0 bridgehead atoms. The fourth-order valence-corrected chi connectivity index (χ4v) is 1.38. The van der Waals surface area contributed by atoms with Gasteiger partial charge >= 0.3 is 23.9 Å². The minimum absolute atomic E-state index is 0. The van der Waals surface area contributed by atoms with Crippen LogP contribution in [0.2, 0.25) is 0 Å². The van der Waals surface area contributed by atoms with E-state index in [1.54, 1.807) is 0 Å². The van der Waals surface area contributed by atoms with Gasteiger partial charge < -0.3 is 38.5 Å². The molecule has 1 atom stereocenters. The molecule has 0 saturated heterocycles. The maximum atomic E-state index is 11.3. The highest BCUT2D eigenvalue weighted by Gasteiger charge is 2.09. The van der Waals surface area contributed by atoms with Gasteiger partial charge in [-0.2, -0.15) is 0 Å². The Morgan fingerprint density at radius 3 is 1.64 bits per heavy atom. The molecule has 0 aliphatic heterocycles. The fraction of sp³-hybridized carbons (Fsp3) is 0.714. The molecule has 0 aliphatic rings. The van der Waals surface area contributed by atoms with Gasteiger partial charge in [-0.1, -0.05) is 19.8 Å². The number of carboxylic acids is 3. The fourth-order valence-electron chi connectivity index (χ4n) is 1.38. The average Bonchev–Trinajstić information content (AvgIpc) is 2.41. The van der Waals surface area contributed by atoms with Gasteiger partial charge in [0.1, 0.15) is 0 Å². The second-order valence-electron chi connectivity index (χ2n) is 4.65. The highest BCUT2D eigenvalue weighted by Crippen LogP contribution is 2.07. The van der Waals surface area contributed by atoms with Crippen LogP contribution in [0.25, 0.3) is 0 Å². The number of esters is 1. The molecule has 0 heterocycles. The van der Waals surface area contributed by atoms with E-state index in [-0.39, 0.29) is 36.9 Å². The van der Waals surface area contributed by atoms with Crippen molar-refractivity contribution >= 4 is 23.9 Å². The van der Waals surface area contributed by atoms with Gasteiger partial charge in [-0.3, -0.25) is 9.59 Å². The Hall–Kier alpha value is -2.24. The maximum Gasteiger partial charge on any atom is 0.414 e. The molecule has 0 fully saturated rings. The molecule has 0 amide bonds. The van der Waals surface area contributed by atoms with Crippen molar-refractivity contribution in [2.24, 2.45) is 0 Å². The van der Waals surface area contributed by atoms with Crippen LogP contribution in [0.5, 0.6) is 0 Å². The van der Waals surface area contributed by atoms with Crippen LogP contribution < -0.4 is 18.5 Å². The first-order chi connectivity index (χ1) is 10.2. The SMILES string of the molecule is CCCCC(C)OC(=O)CCCCC(=O)O.N.N.N.O=C(O)C(=O)O. The summed E-state index contributed by atoms with van der Waals surface area (Å²) in [5.74, 6) is -4.68. The highest BCUT2D eigenvalue weighted by atomic mass is 16.5. The number of hydrogen-bond acceptors (Lipinski definition) is 8. The largest absolute Gasteiger partial charge is 0.481 e. The van der Waals surface area contributed by atoms with Crippen molar-refractivity contribution in [1.82, 2.24) is 18.5 Å². The van der Waals surface area contributed by atoms with Crippen LogP contribution in [0.15, 0.2) is 0 Å². The van der Waals surface area contributed by atoms with E-state index in [1.165, 1.54) is 0 Å². The molecular formula is C14H33N3O8. The predicted molar refractivity (Wildman–Crippen MR) is 91.5 cm³/mol. The molecule has 11 heteroatoms. The van der Waals surface area contributed by atoms with Crippen molar-refractivity contribution in [3.63, 3.8) is 0 Å². The van der Waals surface area contributed by atoms with Crippen molar-refractivity contribution in [2.75, 3.05) is 0 Å². The van der Waals surface area contributed by atoms with E-state index < -0.39 is 17.9 Å². The highest BCUT2D eigenvalue weighted by molar-refractivity contribution is 6.27. The van der Waals surface area contributed by atoms with Crippen molar-refractivity contribution in [1.29, 1.82) is 0 Å². The first-order valence-electron chi connectivity index (χ1n) is 7.08. The number of rotatable bonds is 9. The summed E-state index contributed by atoms with van der Waals surface area (Å²) >= 11 is 0. The molecule has 0 aliphatic carbocycles. The van der Waals surface area contributed by atoms with Crippen LogP contribution in [0.4, 0.5) is 0 Å². The molecule has 0 aromatic rings. The summed E-state index contributed by atoms with van der Waals surface area (Å²) in [5, 5.41) is 23.2. The van der Waals surface area contributed by atoms with Crippen LogP contribution in [0.1, 0.15) is 58.8 Å². The molecule has 0 spiro atoms. The monoisotopic (exact) mass is 371 g/mol. The number of carboxylic acid groups (broad SMARTS) is 3. The van der Waals surface area contributed by atoms with Gasteiger partial charge in [0.05, 0.1) is 6.10 Å². The first-order valence-corrected chi connectivity index (χ1v) is 7.08. The van der Waals surface area contributed by atoms with E-state index >= 15 is 0 Å². The van der Waals surface area contributed by atoms with Gasteiger partial charge in [0.2, 0.25) is 0 Å². The molecule has 0 aromatic heterocycles. The van der Waals surface area contributed by atoms with E-state index in [0.29, 0.717) is 19.3 Å². The molecule has 0 saturated carbocycles. The summed E-state index contributed by atoms with van der Waals surface area (Å²) in [7, 11) is 0. The number of unbranched alkanes of at least 4 members (excludes halogenated alkanes) is 2. The Morgan fingerprint density at radius 1 is 0.840 bits per heavy atom. The third-order valence-corrected chi connectivity index (χ3v) is 2.50. The Morgan fingerprint density at radius 2 is 1.28 bits per heavy atom. The van der Waals surface area contributed by atoms with Gasteiger partial charge in [0.15, 0.2) is 0 Å². The third kappa shape index (κ3) is 30.2. The molecule has 12 N–H and O–H groups in total. The van der Waals surface area contributed by atoms with Crippen LogP contribution in [0.3, 0.4) is 0 Å². The zero-order valence-electron chi connectivity index (χ0n) is 15.0. The minimum atomic E-state index is -1.82. The lowest BCUT2D eigenvalue weighted by Gasteiger charge is -2.12. The van der Waals surface area contributed by atoms with Gasteiger partial charge in [0.25, 0.3) is 0 Å². The smallest absolute Gasteiger partial charge is 0.414 e. The molecular weight excluding hydrogens is 338 g/mol. The maximum absolute atomic E-state index is 11.3. The first kappa shape index (κ1) is 34.2. The second kappa shape index (κ2) is 21.8. The van der Waals surface area contributed by atoms with Crippen LogP contribution in [-0.2, 0) is 23.9 Å². The van der Waals surface area contributed by atoms with Crippen molar-refractivity contribution < 1.29 is 39.2 Å². The van der Waals surface area contributed by atoms with Crippen molar-refractivity contribution in [3.8, 4) is 0 Å². The Labute approximate surface area is 147 Å². The van der Waals surface area contributed by atoms with E-state index in [1.807, 2.05) is 6.92 Å². The van der Waals surface area contributed by atoms with E-state index in [9.17, 15) is 9.59 Å². The van der Waals surface area contributed by atoms with E-state index in [4.69, 9.17) is 29.6 Å². The molecule has 0 radical (unpaired) electrons. The lowest BCUT2D eigenvalue weighted by molar-refractivity contribution is -0.159. The lowest BCUT2D eigenvalue weighted by Crippen LogP contribution is -2.14. The van der Waals surface area contributed by atoms with Gasteiger partial charge in [-0.05, 0) is 26.2 Å². The number of ether oxygens (including phenoxy) is 1. The number of carbonyl (C=O) groups excluding carboxylic acids is 1. The van der Waals surface area contributed by atoms with E-state index in [2.05, 4.69) is 6.92 Å². The van der Waals surface area contributed by atoms with Crippen LogP contribution in [0, 0.1) is 0 Å². The zero-order chi connectivity index (χ0) is 17.5. The summed E-state index contributed by atoms with van der Waals surface area (Å²) in [6, 6.07) is 0. The number of carbonyl (C=O) groups is 4. The molecule has 0 aromatic carbocycles. The molecule has 152 valence electrons. The predicted octanol–water partition coefficient (Wildman–Crippen LogP) is 2.39. The Bertz CT molecular complexity index is 365. The normalized spacial score (nSPS) is 9.52. The zero-order valence-corrected chi connectivity index (χ0v) is 15.0. The third-order valence-electron chi connectivity index (χ3n) is 2.50. The average molecular weight is 371 g/mol. The van der Waals surface area contributed by atoms with Gasteiger partial charge in [-0.25, -0.2) is 9.59 Å². The molecule has 25 heavy (non-hydrogen) atoms. The quantitative estimate of drug-likeness (QED) is 0.195. The summed E-state index contributed by atoms with van der Waals surface area (Å²) < 4.78 is 5.17. The number of hydrogen-bond donors (Lipinski definition) is 6. The van der Waals surface area contributed by atoms with Crippen LogP contribution >= 0.6 is 0 Å². The summed E-state index contributed by atoms with van der Waals surface area (Å²) in [6.07, 6.45) is 4.61. The Kier molecular flexibility index (Phi) is 29.7. The Balaban J connectivity index is -0.000000129. The van der Waals surface area contributed by atoms with Crippen LogP contribution in [-0.4, -0.2) is 45.3 Å². The standard InChI is InChI=1S/C12H22O4.C2H2O4.3H3N/c1-3-4-7-10(2)16-12(15)9-6-5-8-11(13)14;3-1(4)2(5)6;;;/h10H,3-9H2,1-2H3,(H,13,14);(H,3,4)(H,5,6);3*1H3. The lowest BCUT2D eigenvalue weighted by atomic mass is 10.2. The molecule has 1 unspecified atom stereocenters. The topological polar surface area (TPSA) is 243 Å². The van der Waals surface area contributed by atoms with E-state index in [0.717, 1.165) is 19.3 Å². The molecule has 0 rings (SSSR count). The second-order valence-corrected chi connectivity index (χ2v) is 4.65. The van der Waals surface area contributed by atoms with Gasteiger partial charge in [0, 0.05) is 12.8 Å². The number of aliphatic carboxylic acids is 3. The van der Waals surface area contributed by atoms with Crippen molar-refractivity contribution in [2.45, 2.75) is 64.9 Å². The van der Waals surface area contributed by atoms with Crippen molar-refractivity contribution in [3.05, 3.63) is 0 Å².